The van der Waals surface area contributed by atoms with Crippen LogP contribution in [0.15, 0.2) is 0 Å². The number of aliphatic hydroxyl groups is 9. The predicted octanol–water partition coefficient (Wildman–Crippen LogP) is 1.52. The van der Waals surface area contributed by atoms with E-state index in [0.717, 1.165) is 0 Å². The second-order valence-electron chi connectivity index (χ2n) is 24.6. The first-order valence-corrected chi connectivity index (χ1v) is 46.2. The summed E-state index contributed by atoms with van der Waals surface area (Å²) >= 11 is 6.04. The van der Waals surface area contributed by atoms with Crippen LogP contribution in [0.25, 0.3) is 0 Å². The van der Waals surface area contributed by atoms with Crippen molar-refractivity contribution in [3.8, 4) is 0 Å². The summed E-state index contributed by atoms with van der Waals surface area (Å²) in [5.41, 5.74) is -1.05. The fourth-order valence-electron chi connectivity index (χ4n) is 10.4. The number of aliphatic hydroxyl groups excluding tert-OH is 9. The van der Waals surface area contributed by atoms with Gasteiger partial charge < -0.3 is 136 Å². The second-order valence-corrected chi connectivity index (χ2v) is 38.3. The highest BCUT2D eigenvalue weighted by molar-refractivity contribution is 8.53. The summed E-state index contributed by atoms with van der Waals surface area (Å²) in [7, 11) is 3.87. The van der Waals surface area contributed by atoms with Gasteiger partial charge in [-0.1, -0.05) is 12.8 Å². The number of unbranched alkanes of at least 4 members (excludes halogenated alkanes) is 6. The molecule has 632 valence electrons. The molecule has 0 spiro atoms. The molecule has 3 amide bonds. The third kappa shape index (κ3) is 40.8. The summed E-state index contributed by atoms with van der Waals surface area (Å²) in [4.78, 5) is 54.4. The quantitative estimate of drug-likeness (QED) is 0.0233. The van der Waals surface area contributed by atoms with Gasteiger partial charge >= 0.3 is 27.1 Å². The molecule has 107 heavy (non-hydrogen) atoms. The highest BCUT2D eigenvalue weighted by Gasteiger charge is 2.48. The zero-order chi connectivity index (χ0) is 79.3. The molecule has 3 saturated heterocycles. The van der Waals surface area contributed by atoms with Crippen LogP contribution >= 0.6 is 62.1 Å². The topological polar surface area (TPSA) is 546 Å². The molecule has 0 aromatic heterocycles. The minimum Gasteiger partial charge on any atom is -0.394 e. The van der Waals surface area contributed by atoms with Gasteiger partial charge in [0.1, 0.15) is 108 Å². The molecular formula is C59H115N3O37P4S4. The third-order valence-corrected chi connectivity index (χ3v) is 25.3. The first-order valence-electron chi connectivity index (χ1n) is 34.9. The molecule has 3 rings (SSSR count). The standard InChI is InChI=1S/C59H115N3O37P4S4/c1-41(66)60-47-53(72)50(69)44(34-63)97-56(47)87-24-11-14-28-91-101(77,105-80-4)94-31-17-21-84-38-59(37-83-20-9-7-8-10-27-90-100(75,76)104,39-85-22-18-32-95-102(78,106-81-5)92-29-15-12-25-88-57-48(61-42(2)67)54(73)51(70)45(35-64)98-57)40-86-23-19-33-96-103(79,107-82-6)93-30-16-13-26-89-58-49(62-43(3)68)55(74)52(71)46(36-65)99-58/h44-58,63-65,69-74H,7-40H2,1-6H3,(H,60,66)(H,61,67)(H,62,68)(H2,75,76,104). The van der Waals surface area contributed by atoms with Gasteiger partial charge in [0.05, 0.1) is 119 Å². The maximum absolute atomic E-state index is 13.8. The fourth-order valence-corrected chi connectivity index (χ4v) is 17.8. The Morgan fingerprint density at radius 1 is 0.374 bits per heavy atom. The minimum absolute atomic E-state index is 0.0146. The summed E-state index contributed by atoms with van der Waals surface area (Å²) in [6, 6.07) is -3.40. The van der Waals surface area contributed by atoms with Gasteiger partial charge in [0.2, 0.25) is 17.7 Å². The summed E-state index contributed by atoms with van der Waals surface area (Å²) in [5.74, 6) is -1.54. The van der Waals surface area contributed by atoms with Crippen molar-refractivity contribution < 1.29 is 175 Å². The maximum Gasteiger partial charge on any atom is 0.415 e. The number of amides is 3. The number of hydrogen-bond acceptors (Lipinski definition) is 39. The molecule has 0 aliphatic carbocycles. The van der Waals surface area contributed by atoms with Crippen LogP contribution in [-0.4, -0.2) is 325 Å². The highest BCUT2D eigenvalue weighted by atomic mass is 32.7. The normalized spacial score (nSPS) is 27.2. The van der Waals surface area contributed by atoms with E-state index in [4.69, 9.17) is 91.6 Å². The SMILES string of the molecule is COSP(=O)(OCCCCOC1OC(CO)C(O)C(O)C1NC(C)=O)OCCCOCC(COCCCCCCOP(O)(O)=S)(COCCCOP(=O)(OCCCCOC1OC(CO)C(O)C(O)C1NC(C)=O)SOC)COCCCOP(=O)(OCCCCOC1OC(CO)C(O)C(O)C1NC(C)=O)SOC. The molecule has 3 aliphatic rings. The van der Waals surface area contributed by atoms with Crippen LogP contribution in [0.4, 0.5) is 0 Å². The first kappa shape index (κ1) is 101. The molecule has 3 aliphatic heterocycles. The van der Waals surface area contributed by atoms with E-state index < -0.39 is 162 Å². The van der Waals surface area contributed by atoms with Crippen LogP contribution in [-0.2, 0) is 131 Å². The average molecular weight is 1710 g/mol. The average Bonchev–Trinajstić information content (AvgIpc) is 0.818. The Morgan fingerprint density at radius 2 is 0.607 bits per heavy atom. The lowest BCUT2D eigenvalue weighted by molar-refractivity contribution is -0.270. The van der Waals surface area contributed by atoms with Crippen LogP contribution < -0.4 is 16.0 Å². The molecule has 0 aromatic rings. The molecule has 0 bridgehead atoms. The van der Waals surface area contributed by atoms with E-state index in [1.165, 1.54) is 42.1 Å². The van der Waals surface area contributed by atoms with E-state index in [1.807, 2.05) is 0 Å². The molecule has 18 unspecified atom stereocenters. The monoisotopic (exact) mass is 1710 g/mol. The van der Waals surface area contributed by atoms with E-state index in [0.29, 0.717) is 99.2 Å². The fraction of sp³-hybridized carbons (Fsp3) is 0.949. The Bertz CT molecular complexity index is 2380. The smallest absolute Gasteiger partial charge is 0.394 e. The Balaban J connectivity index is 1.69. The van der Waals surface area contributed by atoms with Crippen molar-refractivity contribution in [1.82, 2.24) is 16.0 Å². The zero-order valence-electron chi connectivity index (χ0n) is 61.2. The Kier molecular flexibility index (Phi) is 52.7. The summed E-state index contributed by atoms with van der Waals surface area (Å²) in [5, 5.41) is 99.1. The second kappa shape index (κ2) is 56.0. The van der Waals surface area contributed by atoms with Crippen molar-refractivity contribution in [2.24, 2.45) is 5.41 Å². The lowest BCUT2D eigenvalue weighted by atomic mass is 9.92. The molecular weight excluding hydrogens is 1590 g/mol. The van der Waals surface area contributed by atoms with Crippen LogP contribution in [0.3, 0.4) is 0 Å². The van der Waals surface area contributed by atoms with Gasteiger partial charge in [0.15, 0.2) is 18.9 Å². The van der Waals surface area contributed by atoms with Gasteiger partial charge in [-0.15, -0.1) is 0 Å². The van der Waals surface area contributed by atoms with Crippen molar-refractivity contribution in [3.63, 3.8) is 0 Å². The number of carbonyl (C=O) groups is 3. The Labute approximate surface area is 641 Å². The van der Waals surface area contributed by atoms with Crippen LogP contribution in [0.5, 0.6) is 0 Å². The molecule has 0 saturated carbocycles. The van der Waals surface area contributed by atoms with Crippen molar-refractivity contribution in [1.29, 1.82) is 0 Å². The molecule has 3 heterocycles. The van der Waals surface area contributed by atoms with Crippen molar-refractivity contribution in [3.05, 3.63) is 0 Å². The van der Waals surface area contributed by atoms with Crippen molar-refractivity contribution in [2.75, 3.05) is 160 Å². The molecule has 0 radical (unpaired) electrons. The van der Waals surface area contributed by atoms with Crippen LogP contribution in [0.2, 0.25) is 0 Å². The van der Waals surface area contributed by atoms with Gasteiger partial charge in [-0.3, -0.25) is 41.5 Å². The molecule has 18 atom stereocenters. The Hall–Kier alpha value is -0.440. The molecule has 40 nitrogen and oxygen atoms in total. The molecule has 14 N–H and O–H groups in total. The van der Waals surface area contributed by atoms with E-state index in [1.54, 1.807) is 0 Å². The summed E-state index contributed by atoms with van der Waals surface area (Å²) < 4.78 is 155. The summed E-state index contributed by atoms with van der Waals surface area (Å²) in [6.07, 6.45) is -11.2. The third-order valence-electron chi connectivity index (χ3n) is 15.6. The lowest BCUT2D eigenvalue weighted by Crippen LogP contribution is -2.64. The number of carbonyl (C=O) groups excluding carboxylic acids is 3. The van der Waals surface area contributed by atoms with Crippen LogP contribution in [0.1, 0.15) is 104 Å². The molecule has 3 fully saturated rings. The zero-order valence-corrected chi connectivity index (χ0v) is 68.0. The molecule has 0 aromatic carbocycles. The lowest BCUT2D eigenvalue weighted by Gasteiger charge is -2.42. The van der Waals surface area contributed by atoms with E-state index in [2.05, 4.69) is 27.8 Å². The number of ether oxygens (including phenoxy) is 10. The minimum atomic E-state index is -3.91. The van der Waals surface area contributed by atoms with Crippen molar-refractivity contribution >= 4 is 91.6 Å². The van der Waals surface area contributed by atoms with E-state index >= 15 is 0 Å². The van der Waals surface area contributed by atoms with Gasteiger partial charge in [0.25, 0.3) is 0 Å². The van der Waals surface area contributed by atoms with E-state index in [-0.39, 0.29) is 138 Å². The summed E-state index contributed by atoms with van der Waals surface area (Å²) in [6.45, 7) is -13.9. The van der Waals surface area contributed by atoms with Gasteiger partial charge in [-0.25, -0.2) is 13.7 Å². The van der Waals surface area contributed by atoms with Crippen LogP contribution in [0, 0.1) is 5.41 Å². The number of hydrogen-bond donors (Lipinski definition) is 14. The Morgan fingerprint density at radius 3 is 0.860 bits per heavy atom. The van der Waals surface area contributed by atoms with Gasteiger partial charge in [-0.05, 0) is 82.4 Å². The predicted molar refractivity (Wildman–Crippen MR) is 387 cm³/mol. The first-order chi connectivity index (χ1) is 51.0. The number of rotatable bonds is 64. The highest BCUT2D eigenvalue weighted by Crippen LogP contribution is 2.62. The van der Waals surface area contributed by atoms with Crippen molar-refractivity contribution in [2.45, 2.75) is 196 Å². The van der Waals surface area contributed by atoms with Gasteiger partial charge in [0, 0.05) is 67.0 Å². The number of nitrogens with one attached hydrogen (secondary N) is 3. The van der Waals surface area contributed by atoms with E-state index in [9.17, 15) is 83.8 Å². The largest absolute Gasteiger partial charge is 0.415 e. The maximum atomic E-state index is 13.8. The molecule has 48 heteroatoms. The van der Waals surface area contributed by atoms with Gasteiger partial charge in [-0.2, -0.15) is 0 Å².